The molecule has 2 atom stereocenters. The molecule has 0 bridgehead atoms. The van der Waals surface area contributed by atoms with Crippen molar-refractivity contribution in [3.05, 3.63) is 0 Å². The molecule has 2 rings (SSSR count). The fourth-order valence-corrected chi connectivity index (χ4v) is 3.48. The fourth-order valence-electron chi connectivity index (χ4n) is 1.95. The first-order valence-electron chi connectivity index (χ1n) is 5.03. The van der Waals surface area contributed by atoms with Crippen molar-refractivity contribution in [1.29, 1.82) is 5.26 Å². The van der Waals surface area contributed by atoms with Gasteiger partial charge in [0.05, 0.1) is 30.5 Å². The molecule has 2 unspecified atom stereocenters. The average Bonchev–Trinajstić information content (AvgIpc) is 2.12. The molecule has 0 aromatic heterocycles. The zero-order chi connectivity index (χ0) is 9.10. The standard InChI is InChI=1S/C10H15NOS/c11-5-8-3-1-2-4-10(8)13-9-6-12-7-9/h8-10H,1-4,6-7H2. The van der Waals surface area contributed by atoms with Crippen LogP contribution < -0.4 is 0 Å². The third kappa shape index (κ3) is 2.18. The highest BCUT2D eigenvalue weighted by molar-refractivity contribution is 8.00. The van der Waals surface area contributed by atoms with Gasteiger partial charge in [-0.3, -0.25) is 0 Å². The summed E-state index contributed by atoms with van der Waals surface area (Å²) in [5.74, 6) is 0.305. The molecule has 1 heterocycles. The van der Waals surface area contributed by atoms with Crippen LogP contribution in [-0.2, 0) is 4.74 Å². The van der Waals surface area contributed by atoms with Gasteiger partial charge < -0.3 is 4.74 Å². The Kier molecular flexibility index (Phi) is 3.13. The molecule has 1 aliphatic carbocycles. The predicted octanol–water partition coefficient (Wildman–Crippen LogP) is 2.20. The van der Waals surface area contributed by atoms with Crippen LogP contribution >= 0.6 is 11.8 Å². The number of hydrogen-bond donors (Lipinski definition) is 0. The Hall–Kier alpha value is -0.200. The Morgan fingerprint density at radius 1 is 1.23 bits per heavy atom. The van der Waals surface area contributed by atoms with Gasteiger partial charge >= 0.3 is 0 Å². The lowest BCUT2D eigenvalue weighted by Gasteiger charge is -2.33. The second kappa shape index (κ2) is 4.34. The van der Waals surface area contributed by atoms with Crippen molar-refractivity contribution in [2.45, 2.75) is 36.2 Å². The average molecular weight is 197 g/mol. The summed E-state index contributed by atoms with van der Waals surface area (Å²) in [7, 11) is 0. The van der Waals surface area contributed by atoms with Gasteiger partial charge in [0.2, 0.25) is 0 Å². The first-order valence-corrected chi connectivity index (χ1v) is 5.97. The maximum absolute atomic E-state index is 8.97. The number of ether oxygens (including phenoxy) is 1. The molecule has 2 nitrogen and oxygen atoms in total. The van der Waals surface area contributed by atoms with Crippen molar-refractivity contribution in [2.24, 2.45) is 5.92 Å². The highest BCUT2D eigenvalue weighted by Gasteiger charge is 2.30. The monoisotopic (exact) mass is 197 g/mol. The Balaban J connectivity index is 1.83. The second-order valence-corrected chi connectivity index (χ2v) is 5.40. The summed E-state index contributed by atoms with van der Waals surface area (Å²) in [6.07, 6.45) is 4.90. The molecule has 1 aliphatic heterocycles. The van der Waals surface area contributed by atoms with Gasteiger partial charge in [-0.2, -0.15) is 5.26 Å². The van der Waals surface area contributed by atoms with Gasteiger partial charge in [-0.1, -0.05) is 12.8 Å². The lowest BCUT2D eigenvalue weighted by molar-refractivity contribution is 0.0451. The summed E-state index contributed by atoms with van der Waals surface area (Å²) in [6.45, 7) is 1.80. The molecule has 1 saturated heterocycles. The van der Waals surface area contributed by atoms with Gasteiger partial charge in [0.15, 0.2) is 0 Å². The van der Waals surface area contributed by atoms with E-state index in [-0.39, 0.29) is 0 Å². The van der Waals surface area contributed by atoms with Crippen LogP contribution in [0, 0.1) is 17.2 Å². The van der Waals surface area contributed by atoms with Crippen molar-refractivity contribution in [3.63, 3.8) is 0 Å². The minimum absolute atomic E-state index is 0.305. The molecule has 72 valence electrons. The van der Waals surface area contributed by atoms with Crippen LogP contribution in [0.15, 0.2) is 0 Å². The van der Waals surface area contributed by atoms with E-state index in [2.05, 4.69) is 6.07 Å². The Labute approximate surface area is 83.6 Å². The largest absolute Gasteiger partial charge is 0.379 e. The Morgan fingerprint density at radius 2 is 2.00 bits per heavy atom. The first-order chi connectivity index (χ1) is 6.40. The summed E-state index contributed by atoms with van der Waals surface area (Å²) in [4.78, 5) is 0. The SMILES string of the molecule is N#CC1CCCCC1SC1COC1. The fraction of sp³-hybridized carbons (Fsp3) is 0.900. The van der Waals surface area contributed by atoms with Gasteiger partial charge in [-0.15, -0.1) is 11.8 Å². The molecule has 1 saturated carbocycles. The summed E-state index contributed by atoms with van der Waals surface area (Å²) >= 11 is 1.99. The van der Waals surface area contributed by atoms with Crippen LogP contribution in [0.1, 0.15) is 25.7 Å². The maximum Gasteiger partial charge on any atom is 0.0667 e. The lowest BCUT2D eigenvalue weighted by atomic mass is 9.90. The van der Waals surface area contributed by atoms with E-state index in [0.29, 0.717) is 16.4 Å². The van der Waals surface area contributed by atoms with E-state index in [1.54, 1.807) is 0 Å². The van der Waals surface area contributed by atoms with Crippen molar-refractivity contribution in [1.82, 2.24) is 0 Å². The molecule has 3 heteroatoms. The molecular formula is C10H15NOS. The van der Waals surface area contributed by atoms with E-state index in [4.69, 9.17) is 10.00 Å². The number of hydrogen-bond acceptors (Lipinski definition) is 3. The minimum Gasteiger partial charge on any atom is -0.379 e. The first kappa shape index (κ1) is 9.36. The van der Waals surface area contributed by atoms with Crippen molar-refractivity contribution in [2.75, 3.05) is 13.2 Å². The van der Waals surface area contributed by atoms with Gasteiger partial charge in [0.25, 0.3) is 0 Å². The van der Waals surface area contributed by atoms with Crippen LogP contribution in [0.5, 0.6) is 0 Å². The van der Waals surface area contributed by atoms with Crippen LogP contribution in [0.3, 0.4) is 0 Å². The topological polar surface area (TPSA) is 33.0 Å². The number of rotatable bonds is 2. The minimum atomic E-state index is 0.305. The van der Waals surface area contributed by atoms with E-state index in [1.807, 2.05) is 11.8 Å². The lowest BCUT2D eigenvalue weighted by Crippen LogP contribution is -2.34. The summed E-state index contributed by atoms with van der Waals surface area (Å²) in [6, 6.07) is 2.45. The molecule has 0 aromatic rings. The molecular weight excluding hydrogens is 182 g/mol. The van der Waals surface area contributed by atoms with Crippen LogP contribution in [0.4, 0.5) is 0 Å². The van der Waals surface area contributed by atoms with E-state index in [0.717, 1.165) is 19.6 Å². The molecule has 0 spiro atoms. The van der Waals surface area contributed by atoms with Gasteiger partial charge in [-0.05, 0) is 12.8 Å². The number of thioether (sulfide) groups is 1. The quantitative estimate of drug-likeness (QED) is 0.680. The molecule has 0 N–H and O–H groups in total. The van der Waals surface area contributed by atoms with E-state index in [1.165, 1.54) is 19.3 Å². The smallest absolute Gasteiger partial charge is 0.0667 e. The van der Waals surface area contributed by atoms with Crippen molar-refractivity contribution in [3.8, 4) is 6.07 Å². The zero-order valence-corrected chi connectivity index (χ0v) is 8.55. The van der Waals surface area contributed by atoms with Crippen LogP contribution in [0.2, 0.25) is 0 Å². The van der Waals surface area contributed by atoms with Crippen LogP contribution in [-0.4, -0.2) is 23.7 Å². The normalized spacial score (nSPS) is 35.0. The predicted molar refractivity (Wildman–Crippen MR) is 53.6 cm³/mol. The highest BCUT2D eigenvalue weighted by atomic mass is 32.2. The zero-order valence-electron chi connectivity index (χ0n) is 7.74. The van der Waals surface area contributed by atoms with E-state index < -0.39 is 0 Å². The highest BCUT2D eigenvalue weighted by Crippen LogP contribution is 2.36. The summed E-state index contributed by atoms with van der Waals surface area (Å²) in [5.41, 5.74) is 0. The Bertz CT molecular complexity index is 209. The number of nitriles is 1. The van der Waals surface area contributed by atoms with Crippen LogP contribution in [0.25, 0.3) is 0 Å². The maximum atomic E-state index is 8.97. The van der Waals surface area contributed by atoms with E-state index >= 15 is 0 Å². The molecule has 13 heavy (non-hydrogen) atoms. The molecule has 2 aliphatic rings. The van der Waals surface area contributed by atoms with Gasteiger partial charge in [0, 0.05) is 5.25 Å². The molecule has 0 amide bonds. The van der Waals surface area contributed by atoms with Crippen molar-refractivity contribution >= 4 is 11.8 Å². The van der Waals surface area contributed by atoms with Crippen molar-refractivity contribution < 1.29 is 4.74 Å². The van der Waals surface area contributed by atoms with Gasteiger partial charge in [-0.25, -0.2) is 0 Å². The second-order valence-electron chi connectivity index (χ2n) is 3.85. The summed E-state index contributed by atoms with van der Waals surface area (Å²) < 4.78 is 5.14. The molecule has 0 aromatic carbocycles. The third-order valence-electron chi connectivity index (χ3n) is 2.84. The number of nitrogens with zero attached hydrogens (tertiary/aromatic N) is 1. The summed E-state index contributed by atoms with van der Waals surface area (Å²) in [5, 5.41) is 10.2. The Morgan fingerprint density at radius 3 is 2.62 bits per heavy atom. The molecule has 2 fully saturated rings. The molecule has 0 radical (unpaired) electrons. The third-order valence-corrected chi connectivity index (χ3v) is 4.41. The van der Waals surface area contributed by atoms with Gasteiger partial charge in [0.1, 0.15) is 0 Å². The van der Waals surface area contributed by atoms with E-state index in [9.17, 15) is 0 Å².